The SMILES string of the molecule is NC(c1ccsc1)c1ccc2c(c1)OCCCO2. The van der Waals surface area contributed by atoms with Gasteiger partial charge in [0.25, 0.3) is 0 Å². The second-order valence-corrected chi connectivity index (χ2v) is 5.07. The highest BCUT2D eigenvalue weighted by atomic mass is 32.1. The molecule has 0 amide bonds. The fourth-order valence-electron chi connectivity index (χ4n) is 2.02. The Morgan fingerprint density at radius 3 is 2.67 bits per heavy atom. The predicted molar refractivity (Wildman–Crippen MR) is 72.4 cm³/mol. The molecule has 0 bridgehead atoms. The lowest BCUT2D eigenvalue weighted by Crippen LogP contribution is -2.11. The monoisotopic (exact) mass is 261 g/mol. The molecule has 0 aliphatic carbocycles. The van der Waals surface area contributed by atoms with Crippen molar-refractivity contribution in [1.82, 2.24) is 0 Å². The van der Waals surface area contributed by atoms with Gasteiger partial charge in [0.15, 0.2) is 11.5 Å². The molecule has 1 aliphatic heterocycles. The molecule has 2 N–H and O–H groups in total. The van der Waals surface area contributed by atoms with Crippen LogP contribution in [-0.2, 0) is 0 Å². The Balaban J connectivity index is 1.92. The predicted octanol–water partition coefficient (Wildman–Crippen LogP) is 2.96. The molecule has 18 heavy (non-hydrogen) atoms. The Morgan fingerprint density at radius 1 is 1.06 bits per heavy atom. The molecule has 4 heteroatoms. The Bertz CT molecular complexity index is 525. The van der Waals surface area contributed by atoms with E-state index in [1.54, 1.807) is 11.3 Å². The topological polar surface area (TPSA) is 44.5 Å². The maximum atomic E-state index is 6.24. The van der Waals surface area contributed by atoms with Crippen LogP contribution in [0.15, 0.2) is 35.0 Å². The van der Waals surface area contributed by atoms with Crippen molar-refractivity contribution in [1.29, 1.82) is 0 Å². The maximum absolute atomic E-state index is 6.24. The summed E-state index contributed by atoms with van der Waals surface area (Å²) in [6.45, 7) is 1.41. The minimum Gasteiger partial charge on any atom is -0.490 e. The van der Waals surface area contributed by atoms with Gasteiger partial charge >= 0.3 is 0 Å². The molecular weight excluding hydrogens is 246 g/mol. The summed E-state index contributed by atoms with van der Waals surface area (Å²) < 4.78 is 11.3. The quantitative estimate of drug-likeness (QED) is 0.904. The van der Waals surface area contributed by atoms with E-state index in [1.165, 1.54) is 0 Å². The number of rotatable bonds is 2. The van der Waals surface area contributed by atoms with Crippen molar-refractivity contribution < 1.29 is 9.47 Å². The zero-order valence-corrected chi connectivity index (χ0v) is 10.8. The third kappa shape index (κ3) is 2.21. The molecule has 0 fully saturated rings. The second-order valence-electron chi connectivity index (χ2n) is 4.29. The average Bonchev–Trinajstić information content (AvgIpc) is 2.83. The summed E-state index contributed by atoms with van der Waals surface area (Å²) in [6, 6.07) is 7.90. The van der Waals surface area contributed by atoms with E-state index in [1.807, 2.05) is 23.6 Å². The fraction of sp³-hybridized carbons (Fsp3) is 0.286. The lowest BCUT2D eigenvalue weighted by atomic mass is 10.0. The van der Waals surface area contributed by atoms with Gasteiger partial charge in [0, 0.05) is 6.42 Å². The summed E-state index contributed by atoms with van der Waals surface area (Å²) >= 11 is 1.66. The van der Waals surface area contributed by atoms with Crippen molar-refractivity contribution in [2.45, 2.75) is 12.5 Å². The highest BCUT2D eigenvalue weighted by molar-refractivity contribution is 7.08. The minimum absolute atomic E-state index is 0.103. The molecule has 1 aliphatic rings. The van der Waals surface area contributed by atoms with Crippen LogP contribution in [0, 0.1) is 0 Å². The van der Waals surface area contributed by atoms with Crippen molar-refractivity contribution in [3.8, 4) is 11.5 Å². The van der Waals surface area contributed by atoms with Crippen LogP contribution in [0.1, 0.15) is 23.6 Å². The van der Waals surface area contributed by atoms with E-state index in [0.29, 0.717) is 13.2 Å². The van der Waals surface area contributed by atoms with E-state index in [0.717, 1.165) is 29.0 Å². The van der Waals surface area contributed by atoms with Crippen molar-refractivity contribution in [3.05, 3.63) is 46.2 Å². The van der Waals surface area contributed by atoms with E-state index < -0.39 is 0 Å². The van der Waals surface area contributed by atoms with Crippen molar-refractivity contribution in [3.63, 3.8) is 0 Å². The number of benzene rings is 1. The van der Waals surface area contributed by atoms with Crippen molar-refractivity contribution >= 4 is 11.3 Å². The largest absolute Gasteiger partial charge is 0.490 e. The summed E-state index contributed by atoms with van der Waals surface area (Å²) in [4.78, 5) is 0. The summed E-state index contributed by atoms with van der Waals surface area (Å²) in [6.07, 6.45) is 0.917. The molecule has 0 radical (unpaired) electrons. The van der Waals surface area contributed by atoms with Crippen LogP contribution in [0.25, 0.3) is 0 Å². The van der Waals surface area contributed by atoms with Gasteiger partial charge < -0.3 is 15.2 Å². The molecule has 1 unspecified atom stereocenters. The number of hydrogen-bond donors (Lipinski definition) is 1. The summed E-state index contributed by atoms with van der Waals surface area (Å²) in [7, 11) is 0. The third-order valence-electron chi connectivity index (χ3n) is 3.03. The lowest BCUT2D eigenvalue weighted by Gasteiger charge is -2.14. The highest BCUT2D eigenvalue weighted by Gasteiger charge is 2.15. The molecule has 2 heterocycles. The van der Waals surface area contributed by atoms with E-state index in [-0.39, 0.29) is 6.04 Å². The first kappa shape index (κ1) is 11.6. The summed E-state index contributed by atoms with van der Waals surface area (Å²) in [5.74, 6) is 1.62. The molecule has 3 nitrogen and oxygen atoms in total. The standard InChI is InChI=1S/C14H15NO2S/c15-14(11-4-7-18-9-11)10-2-3-12-13(8-10)17-6-1-5-16-12/h2-4,7-9,14H,1,5-6,15H2. The zero-order chi connectivity index (χ0) is 12.4. The van der Waals surface area contributed by atoms with Crippen LogP contribution in [0.3, 0.4) is 0 Å². The first-order valence-electron chi connectivity index (χ1n) is 6.02. The molecule has 1 atom stereocenters. The van der Waals surface area contributed by atoms with Gasteiger partial charge in [-0.05, 0) is 40.1 Å². The lowest BCUT2D eigenvalue weighted by molar-refractivity contribution is 0.297. The van der Waals surface area contributed by atoms with Gasteiger partial charge in [-0.1, -0.05) is 6.07 Å². The normalized spacial score (nSPS) is 16.1. The molecule has 94 valence electrons. The molecule has 0 spiro atoms. The fourth-order valence-corrected chi connectivity index (χ4v) is 2.71. The molecule has 1 aromatic carbocycles. The van der Waals surface area contributed by atoms with E-state index in [9.17, 15) is 0 Å². The zero-order valence-electron chi connectivity index (χ0n) is 9.96. The van der Waals surface area contributed by atoms with Crippen LogP contribution in [-0.4, -0.2) is 13.2 Å². The van der Waals surface area contributed by atoms with Crippen molar-refractivity contribution in [2.24, 2.45) is 5.73 Å². The summed E-state index contributed by atoms with van der Waals surface area (Å²) in [5, 5.41) is 4.12. The van der Waals surface area contributed by atoms with Gasteiger partial charge in [-0.3, -0.25) is 0 Å². The summed E-state index contributed by atoms with van der Waals surface area (Å²) in [5.41, 5.74) is 8.43. The van der Waals surface area contributed by atoms with Crippen LogP contribution in [0.2, 0.25) is 0 Å². The molecule has 0 saturated carbocycles. The molecule has 1 aromatic heterocycles. The first-order valence-corrected chi connectivity index (χ1v) is 6.96. The van der Waals surface area contributed by atoms with Crippen LogP contribution >= 0.6 is 11.3 Å². The van der Waals surface area contributed by atoms with E-state index >= 15 is 0 Å². The number of ether oxygens (including phenoxy) is 2. The smallest absolute Gasteiger partial charge is 0.161 e. The number of nitrogens with two attached hydrogens (primary N) is 1. The van der Waals surface area contributed by atoms with Gasteiger partial charge in [0.2, 0.25) is 0 Å². The van der Waals surface area contributed by atoms with Crippen LogP contribution in [0.4, 0.5) is 0 Å². The second kappa shape index (κ2) is 5.00. The van der Waals surface area contributed by atoms with Gasteiger partial charge in [-0.2, -0.15) is 11.3 Å². The van der Waals surface area contributed by atoms with Gasteiger partial charge in [0.1, 0.15) is 0 Å². The van der Waals surface area contributed by atoms with Gasteiger partial charge in [-0.25, -0.2) is 0 Å². The third-order valence-corrected chi connectivity index (χ3v) is 3.73. The molecule has 0 saturated heterocycles. The number of fused-ring (bicyclic) bond motifs is 1. The number of thiophene rings is 1. The van der Waals surface area contributed by atoms with Crippen molar-refractivity contribution in [2.75, 3.05) is 13.2 Å². The average molecular weight is 261 g/mol. The Hall–Kier alpha value is -1.52. The van der Waals surface area contributed by atoms with Crippen LogP contribution < -0.4 is 15.2 Å². The molecular formula is C14H15NO2S. The molecule has 3 rings (SSSR count). The Morgan fingerprint density at radius 2 is 1.89 bits per heavy atom. The molecule has 2 aromatic rings. The van der Waals surface area contributed by atoms with Gasteiger partial charge in [0.05, 0.1) is 19.3 Å². The van der Waals surface area contributed by atoms with Gasteiger partial charge in [-0.15, -0.1) is 0 Å². The highest BCUT2D eigenvalue weighted by Crippen LogP contribution is 2.33. The Labute approximate surface area is 110 Å². The minimum atomic E-state index is -0.103. The Kier molecular flexibility index (Phi) is 3.21. The maximum Gasteiger partial charge on any atom is 0.161 e. The van der Waals surface area contributed by atoms with E-state index in [4.69, 9.17) is 15.2 Å². The number of hydrogen-bond acceptors (Lipinski definition) is 4. The van der Waals surface area contributed by atoms with E-state index in [2.05, 4.69) is 11.4 Å². The first-order chi connectivity index (χ1) is 8.84. The van der Waals surface area contributed by atoms with Crippen LogP contribution in [0.5, 0.6) is 11.5 Å².